The van der Waals surface area contributed by atoms with Crippen molar-refractivity contribution < 1.29 is 4.74 Å². The highest BCUT2D eigenvalue weighted by molar-refractivity contribution is 5.85. The van der Waals surface area contributed by atoms with E-state index in [0.717, 1.165) is 38.3 Å². The first-order valence-electron chi connectivity index (χ1n) is 6.84. The molecule has 1 aliphatic heterocycles. The summed E-state index contributed by atoms with van der Waals surface area (Å²) in [5.41, 5.74) is 2.84. The maximum atomic E-state index is 5.30. The third kappa shape index (κ3) is 4.37. The molecule has 108 valence electrons. The molecule has 0 spiro atoms. The van der Waals surface area contributed by atoms with Crippen LogP contribution in [0, 0.1) is 0 Å². The summed E-state index contributed by atoms with van der Waals surface area (Å²) in [6.07, 6.45) is 1.06. The quantitative estimate of drug-likeness (QED) is 0.919. The van der Waals surface area contributed by atoms with Crippen LogP contribution in [0.1, 0.15) is 25.0 Å². The molecule has 1 unspecified atom stereocenters. The Balaban J connectivity index is 0.00000180. The van der Waals surface area contributed by atoms with E-state index in [-0.39, 0.29) is 12.4 Å². The number of methoxy groups -OCH3 is 1. The molecule has 1 fully saturated rings. The first-order valence-corrected chi connectivity index (χ1v) is 6.84. The number of nitrogens with zero attached hydrogens (tertiary/aromatic N) is 1. The summed E-state index contributed by atoms with van der Waals surface area (Å²) in [6.45, 7) is 8.88. The first-order chi connectivity index (χ1) is 8.72. The molecule has 19 heavy (non-hydrogen) atoms. The van der Waals surface area contributed by atoms with Gasteiger partial charge in [-0.05, 0) is 36.6 Å². The molecule has 1 atom stereocenters. The molecule has 4 heteroatoms. The molecule has 2 rings (SSSR count). The summed E-state index contributed by atoms with van der Waals surface area (Å²) in [4.78, 5) is 2.53. The number of hydrogen-bond acceptors (Lipinski definition) is 3. The van der Waals surface area contributed by atoms with E-state index in [1.165, 1.54) is 11.1 Å². The van der Waals surface area contributed by atoms with Gasteiger partial charge in [0.25, 0.3) is 0 Å². The molecule has 1 N–H and O–H groups in total. The zero-order chi connectivity index (χ0) is 13.0. The highest BCUT2D eigenvalue weighted by Crippen LogP contribution is 2.20. The van der Waals surface area contributed by atoms with E-state index < -0.39 is 0 Å². The Labute approximate surface area is 122 Å². The molecule has 0 saturated carbocycles. The van der Waals surface area contributed by atoms with Crippen molar-refractivity contribution in [1.82, 2.24) is 10.2 Å². The van der Waals surface area contributed by atoms with Crippen molar-refractivity contribution in [2.24, 2.45) is 0 Å². The molecule has 1 heterocycles. The van der Waals surface area contributed by atoms with Gasteiger partial charge in [0.2, 0.25) is 0 Å². The maximum absolute atomic E-state index is 5.30. The fraction of sp³-hybridized carbons (Fsp3) is 0.600. The molecular formula is C15H25ClN2O. The second-order valence-electron chi connectivity index (χ2n) is 5.08. The van der Waals surface area contributed by atoms with Gasteiger partial charge in [-0.25, -0.2) is 0 Å². The van der Waals surface area contributed by atoms with Crippen molar-refractivity contribution in [3.8, 4) is 5.75 Å². The Morgan fingerprint density at radius 2 is 2.16 bits per heavy atom. The van der Waals surface area contributed by atoms with Gasteiger partial charge in [-0.15, -0.1) is 12.4 Å². The summed E-state index contributed by atoms with van der Waals surface area (Å²) in [7, 11) is 1.73. The van der Waals surface area contributed by atoms with Crippen molar-refractivity contribution in [3.05, 3.63) is 29.3 Å². The Morgan fingerprint density at radius 1 is 1.37 bits per heavy atom. The summed E-state index contributed by atoms with van der Waals surface area (Å²) >= 11 is 0. The Hall–Kier alpha value is -0.770. The van der Waals surface area contributed by atoms with E-state index in [2.05, 4.69) is 42.3 Å². The normalized spacial score (nSPS) is 19.8. The number of hydrogen-bond donors (Lipinski definition) is 1. The minimum atomic E-state index is 0. The predicted octanol–water partition coefficient (Wildman–Crippen LogP) is 2.47. The van der Waals surface area contributed by atoms with Gasteiger partial charge < -0.3 is 10.1 Å². The Bertz CT molecular complexity index is 398. The summed E-state index contributed by atoms with van der Waals surface area (Å²) < 4.78 is 5.30. The van der Waals surface area contributed by atoms with Gasteiger partial charge in [-0.3, -0.25) is 4.90 Å². The fourth-order valence-electron chi connectivity index (χ4n) is 2.61. The number of benzene rings is 1. The van der Waals surface area contributed by atoms with Gasteiger partial charge in [0.1, 0.15) is 5.75 Å². The maximum Gasteiger partial charge on any atom is 0.119 e. The van der Waals surface area contributed by atoms with Gasteiger partial charge >= 0.3 is 0 Å². The molecular weight excluding hydrogens is 260 g/mol. The van der Waals surface area contributed by atoms with Crippen molar-refractivity contribution in [2.75, 3.05) is 26.7 Å². The second kappa shape index (κ2) is 7.73. The van der Waals surface area contributed by atoms with Crippen molar-refractivity contribution in [2.45, 2.75) is 32.9 Å². The van der Waals surface area contributed by atoms with Gasteiger partial charge in [0.15, 0.2) is 0 Å². The molecule has 0 aromatic heterocycles. The number of ether oxygens (including phenoxy) is 1. The number of nitrogens with one attached hydrogen (secondary N) is 1. The molecule has 0 aliphatic carbocycles. The van der Waals surface area contributed by atoms with Crippen LogP contribution in [-0.2, 0) is 13.0 Å². The summed E-state index contributed by atoms with van der Waals surface area (Å²) in [5, 5.41) is 3.48. The van der Waals surface area contributed by atoms with Crippen LogP contribution in [0.5, 0.6) is 5.75 Å². The zero-order valence-electron chi connectivity index (χ0n) is 12.1. The van der Waals surface area contributed by atoms with Gasteiger partial charge in [-0.2, -0.15) is 0 Å². The van der Waals surface area contributed by atoms with E-state index in [1.807, 2.05) is 0 Å². The van der Waals surface area contributed by atoms with Gasteiger partial charge in [0, 0.05) is 32.2 Å². The minimum Gasteiger partial charge on any atom is -0.497 e. The smallest absolute Gasteiger partial charge is 0.119 e. The largest absolute Gasteiger partial charge is 0.497 e. The summed E-state index contributed by atoms with van der Waals surface area (Å²) in [5.74, 6) is 0.962. The Kier molecular flexibility index (Phi) is 6.63. The highest BCUT2D eigenvalue weighted by Gasteiger charge is 2.16. The molecule has 1 aliphatic rings. The van der Waals surface area contributed by atoms with Crippen LogP contribution in [-0.4, -0.2) is 37.7 Å². The third-order valence-electron chi connectivity index (χ3n) is 3.64. The van der Waals surface area contributed by atoms with Crippen molar-refractivity contribution in [3.63, 3.8) is 0 Å². The van der Waals surface area contributed by atoms with Gasteiger partial charge in [-0.1, -0.05) is 13.0 Å². The van der Waals surface area contributed by atoms with Crippen LogP contribution in [0.4, 0.5) is 0 Å². The lowest BCUT2D eigenvalue weighted by atomic mass is 10.0. The highest BCUT2D eigenvalue weighted by atomic mass is 35.5. The van der Waals surface area contributed by atoms with Gasteiger partial charge in [0.05, 0.1) is 7.11 Å². The van der Waals surface area contributed by atoms with Crippen molar-refractivity contribution in [1.29, 1.82) is 0 Å². The molecule has 0 amide bonds. The lowest BCUT2D eigenvalue weighted by Gasteiger charge is -2.32. The van der Waals surface area contributed by atoms with E-state index in [4.69, 9.17) is 4.74 Å². The zero-order valence-corrected chi connectivity index (χ0v) is 12.9. The summed E-state index contributed by atoms with van der Waals surface area (Å²) in [6, 6.07) is 7.05. The van der Waals surface area contributed by atoms with Crippen molar-refractivity contribution >= 4 is 12.4 Å². The number of piperazine rings is 1. The third-order valence-corrected chi connectivity index (χ3v) is 3.64. The van der Waals surface area contributed by atoms with E-state index in [1.54, 1.807) is 7.11 Å². The monoisotopic (exact) mass is 284 g/mol. The van der Waals surface area contributed by atoms with Crippen LogP contribution in [0.25, 0.3) is 0 Å². The molecule has 0 bridgehead atoms. The van der Waals surface area contributed by atoms with E-state index in [0.29, 0.717) is 6.04 Å². The second-order valence-corrected chi connectivity index (χ2v) is 5.08. The molecule has 0 radical (unpaired) electrons. The average Bonchev–Trinajstić information content (AvgIpc) is 2.39. The molecule has 1 aromatic rings. The Morgan fingerprint density at radius 3 is 2.79 bits per heavy atom. The van der Waals surface area contributed by atoms with Crippen LogP contribution < -0.4 is 10.1 Å². The lowest BCUT2D eigenvalue weighted by Crippen LogP contribution is -2.48. The van der Waals surface area contributed by atoms with Crippen LogP contribution in [0.15, 0.2) is 18.2 Å². The van der Waals surface area contributed by atoms with Crippen LogP contribution >= 0.6 is 12.4 Å². The number of aryl methyl sites for hydroxylation is 1. The molecule has 1 aromatic carbocycles. The predicted molar refractivity (Wildman–Crippen MR) is 82.4 cm³/mol. The van der Waals surface area contributed by atoms with E-state index in [9.17, 15) is 0 Å². The SMILES string of the molecule is CCc1cc(OC)ccc1CN1CCNC(C)C1.Cl. The lowest BCUT2D eigenvalue weighted by molar-refractivity contribution is 0.199. The average molecular weight is 285 g/mol. The fourth-order valence-corrected chi connectivity index (χ4v) is 2.61. The van der Waals surface area contributed by atoms with Crippen LogP contribution in [0.3, 0.4) is 0 Å². The number of halogens is 1. The number of rotatable bonds is 4. The first kappa shape index (κ1) is 16.3. The minimum absolute atomic E-state index is 0. The topological polar surface area (TPSA) is 24.5 Å². The molecule has 1 saturated heterocycles. The molecule has 3 nitrogen and oxygen atoms in total. The van der Waals surface area contributed by atoms with E-state index >= 15 is 0 Å². The van der Waals surface area contributed by atoms with Crippen LogP contribution in [0.2, 0.25) is 0 Å². The standard InChI is InChI=1S/C15H24N2O.ClH/c1-4-13-9-15(18-3)6-5-14(13)11-17-8-7-16-12(2)10-17;/h5-6,9,12,16H,4,7-8,10-11H2,1-3H3;1H.